The molecule has 1 heterocycles. The fraction of sp³-hybridized carbons (Fsp3) is 0.909. The van der Waals surface area contributed by atoms with Crippen LogP contribution in [0.1, 0.15) is 20.3 Å². The zero-order chi connectivity index (χ0) is 12.0. The van der Waals surface area contributed by atoms with Gasteiger partial charge in [0.15, 0.2) is 0 Å². The molecule has 1 amide bonds. The maximum atomic E-state index is 11.2. The minimum atomic E-state index is -0.0699. The van der Waals surface area contributed by atoms with Crippen LogP contribution < -0.4 is 11.1 Å². The van der Waals surface area contributed by atoms with Crippen LogP contribution in [-0.2, 0) is 9.53 Å². The summed E-state index contributed by atoms with van der Waals surface area (Å²) < 4.78 is 5.62. The number of carbonyl (C=O) groups is 1. The van der Waals surface area contributed by atoms with Crippen LogP contribution in [0.25, 0.3) is 0 Å². The van der Waals surface area contributed by atoms with E-state index in [0.717, 1.165) is 26.2 Å². The van der Waals surface area contributed by atoms with Crippen LogP contribution in [0.5, 0.6) is 0 Å². The second kappa shape index (κ2) is 6.18. The number of hydrogen-bond acceptors (Lipinski definition) is 4. The maximum absolute atomic E-state index is 11.2. The SMILES string of the molecule is CC1(C)CN(CCNC(=O)CCN)CCO1. The smallest absolute Gasteiger partial charge is 0.221 e. The van der Waals surface area contributed by atoms with Crippen molar-refractivity contribution in [1.29, 1.82) is 0 Å². The molecule has 1 saturated heterocycles. The molecule has 1 aliphatic heterocycles. The van der Waals surface area contributed by atoms with Gasteiger partial charge in [-0.3, -0.25) is 9.69 Å². The summed E-state index contributed by atoms with van der Waals surface area (Å²) in [5.41, 5.74) is 5.22. The van der Waals surface area contributed by atoms with Gasteiger partial charge in [0.1, 0.15) is 0 Å². The first-order chi connectivity index (χ1) is 7.53. The first kappa shape index (κ1) is 13.4. The number of ether oxygens (including phenoxy) is 1. The number of rotatable bonds is 5. The monoisotopic (exact) mass is 229 g/mol. The molecule has 5 heteroatoms. The van der Waals surface area contributed by atoms with Gasteiger partial charge < -0.3 is 15.8 Å². The summed E-state index contributed by atoms with van der Waals surface area (Å²) in [5, 5.41) is 2.86. The van der Waals surface area contributed by atoms with Crippen molar-refractivity contribution in [3.8, 4) is 0 Å². The standard InChI is InChI=1S/C11H23N3O2/c1-11(2)9-14(7-8-16-11)6-5-13-10(15)3-4-12/h3-9,12H2,1-2H3,(H,13,15). The summed E-state index contributed by atoms with van der Waals surface area (Å²) in [5.74, 6) is 0.0371. The minimum Gasteiger partial charge on any atom is -0.373 e. The normalized spacial score (nSPS) is 20.7. The fourth-order valence-electron chi connectivity index (χ4n) is 1.88. The molecule has 0 unspecified atom stereocenters. The molecule has 1 rings (SSSR count). The highest BCUT2D eigenvalue weighted by Crippen LogP contribution is 2.15. The van der Waals surface area contributed by atoms with Crippen molar-refractivity contribution in [1.82, 2.24) is 10.2 Å². The lowest BCUT2D eigenvalue weighted by molar-refractivity contribution is -0.121. The minimum absolute atomic E-state index is 0.0371. The van der Waals surface area contributed by atoms with E-state index < -0.39 is 0 Å². The molecule has 0 spiro atoms. The molecule has 0 aromatic carbocycles. The second-order valence-electron chi connectivity index (χ2n) is 4.77. The van der Waals surface area contributed by atoms with Gasteiger partial charge in [0.25, 0.3) is 0 Å². The third kappa shape index (κ3) is 4.92. The molecule has 0 aromatic rings. The molecule has 0 aliphatic carbocycles. The molecular weight excluding hydrogens is 206 g/mol. The van der Waals surface area contributed by atoms with Crippen LogP contribution in [0.15, 0.2) is 0 Å². The Morgan fingerprint density at radius 3 is 2.94 bits per heavy atom. The Morgan fingerprint density at radius 2 is 2.31 bits per heavy atom. The highest BCUT2D eigenvalue weighted by molar-refractivity contribution is 5.75. The van der Waals surface area contributed by atoms with Crippen LogP contribution in [0.3, 0.4) is 0 Å². The van der Waals surface area contributed by atoms with E-state index in [2.05, 4.69) is 24.1 Å². The summed E-state index contributed by atoms with van der Waals surface area (Å²) in [6, 6.07) is 0. The van der Waals surface area contributed by atoms with E-state index in [1.807, 2.05) is 0 Å². The maximum Gasteiger partial charge on any atom is 0.221 e. The molecule has 0 aromatic heterocycles. The Hall–Kier alpha value is -0.650. The number of hydrogen-bond donors (Lipinski definition) is 2. The largest absolute Gasteiger partial charge is 0.373 e. The molecule has 16 heavy (non-hydrogen) atoms. The highest BCUT2D eigenvalue weighted by atomic mass is 16.5. The van der Waals surface area contributed by atoms with Crippen LogP contribution in [0.2, 0.25) is 0 Å². The van der Waals surface area contributed by atoms with Gasteiger partial charge >= 0.3 is 0 Å². The van der Waals surface area contributed by atoms with Gasteiger partial charge in [0.2, 0.25) is 5.91 Å². The molecule has 0 atom stereocenters. The Morgan fingerprint density at radius 1 is 1.56 bits per heavy atom. The lowest BCUT2D eigenvalue weighted by Crippen LogP contribution is -2.50. The van der Waals surface area contributed by atoms with Crippen LogP contribution >= 0.6 is 0 Å². The van der Waals surface area contributed by atoms with Gasteiger partial charge in [0.05, 0.1) is 12.2 Å². The van der Waals surface area contributed by atoms with Crippen molar-refractivity contribution in [2.24, 2.45) is 5.73 Å². The van der Waals surface area contributed by atoms with Crippen molar-refractivity contribution >= 4 is 5.91 Å². The molecule has 5 nitrogen and oxygen atoms in total. The first-order valence-electron chi connectivity index (χ1n) is 5.86. The van der Waals surface area contributed by atoms with E-state index in [1.165, 1.54) is 0 Å². The predicted molar refractivity (Wildman–Crippen MR) is 63.2 cm³/mol. The summed E-state index contributed by atoms with van der Waals surface area (Å²) in [7, 11) is 0. The van der Waals surface area contributed by atoms with Crippen molar-refractivity contribution in [3.05, 3.63) is 0 Å². The average Bonchev–Trinajstić information content (AvgIpc) is 2.16. The van der Waals surface area contributed by atoms with Gasteiger partial charge in [0, 0.05) is 39.1 Å². The van der Waals surface area contributed by atoms with E-state index >= 15 is 0 Å². The first-order valence-corrected chi connectivity index (χ1v) is 5.86. The number of amides is 1. The van der Waals surface area contributed by atoms with Crippen LogP contribution in [0, 0.1) is 0 Å². The Labute approximate surface area is 97.3 Å². The highest BCUT2D eigenvalue weighted by Gasteiger charge is 2.26. The average molecular weight is 229 g/mol. The van der Waals surface area contributed by atoms with Gasteiger partial charge in [-0.05, 0) is 13.8 Å². The number of morpholine rings is 1. The van der Waals surface area contributed by atoms with E-state index in [1.54, 1.807) is 0 Å². The van der Waals surface area contributed by atoms with Crippen molar-refractivity contribution in [2.45, 2.75) is 25.9 Å². The summed E-state index contributed by atoms with van der Waals surface area (Å²) in [4.78, 5) is 13.5. The summed E-state index contributed by atoms with van der Waals surface area (Å²) in [6.45, 7) is 8.78. The fourth-order valence-corrected chi connectivity index (χ4v) is 1.88. The Balaban J connectivity index is 2.15. The third-order valence-electron chi connectivity index (χ3n) is 2.63. The molecule has 0 radical (unpaired) electrons. The van der Waals surface area contributed by atoms with E-state index in [-0.39, 0.29) is 11.5 Å². The zero-order valence-electron chi connectivity index (χ0n) is 10.3. The summed E-state index contributed by atoms with van der Waals surface area (Å²) >= 11 is 0. The lowest BCUT2D eigenvalue weighted by Gasteiger charge is -2.38. The van der Waals surface area contributed by atoms with Gasteiger partial charge in [-0.25, -0.2) is 0 Å². The van der Waals surface area contributed by atoms with E-state index in [4.69, 9.17) is 10.5 Å². The van der Waals surface area contributed by atoms with Gasteiger partial charge in [-0.1, -0.05) is 0 Å². The second-order valence-corrected chi connectivity index (χ2v) is 4.77. The van der Waals surface area contributed by atoms with Gasteiger partial charge in [-0.2, -0.15) is 0 Å². The van der Waals surface area contributed by atoms with Crippen molar-refractivity contribution in [3.63, 3.8) is 0 Å². The van der Waals surface area contributed by atoms with Crippen molar-refractivity contribution in [2.75, 3.05) is 39.3 Å². The number of nitrogens with one attached hydrogen (secondary N) is 1. The predicted octanol–water partition coefficient (Wildman–Crippen LogP) is -0.438. The van der Waals surface area contributed by atoms with Crippen molar-refractivity contribution < 1.29 is 9.53 Å². The molecule has 3 N–H and O–H groups in total. The lowest BCUT2D eigenvalue weighted by atomic mass is 10.1. The molecular formula is C11H23N3O2. The number of carbonyl (C=O) groups excluding carboxylic acids is 1. The van der Waals surface area contributed by atoms with Crippen LogP contribution in [0.4, 0.5) is 0 Å². The van der Waals surface area contributed by atoms with Gasteiger partial charge in [-0.15, -0.1) is 0 Å². The van der Waals surface area contributed by atoms with Crippen LogP contribution in [-0.4, -0.2) is 55.7 Å². The molecule has 0 saturated carbocycles. The molecule has 1 fully saturated rings. The molecule has 1 aliphatic rings. The number of nitrogens with zero attached hydrogens (tertiary/aromatic N) is 1. The van der Waals surface area contributed by atoms with E-state index in [9.17, 15) is 4.79 Å². The topological polar surface area (TPSA) is 67.6 Å². The Kier molecular flexibility index (Phi) is 5.18. The van der Waals surface area contributed by atoms with E-state index in [0.29, 0.717) is 19.5 Å². The quantitative estimate of drug-likeness (QED) is 0.671. The third-order valence-corrected chi connectivity index (χ3v) is 2.63. The zero-order valence-corrected chi connectivity index (χ0v) is 10.3. The number of nitrogens with two attached hydrogens (primary N) is 1. The summed E-state index contributed by atoms with van der Waals surface area (Å²) in [6.07, 6.45) is 0.411. The molecule has 94 valence electrons. The Bertz CT molecular complexity index is 231. The molecule has 0 bridgehead atoms.